The average molecular weight is 266 g/mol. The SMILES string of the molecule is C/C=C/[C@H]1[C@@H](c2ccccc2)N1S(=O)(=O)N(C)C. The zero-order valence-corrected chi connectivity index (χ0v) is 11.6. The van der Waals surface area contributed by atoms with Crippen LogP contribution >= 0.6 is 0 Å². The van der Waals surface area contributed by atoms with Crippen molar-refractivity contribution in [3.05, 3.63) is 48.0 Å². The maximum absolute atomic E-state index is 12.2. The number of allylic oxidation sites excluding steroid dienone is 1. The van der Waals surface area contributed by atoms with E-state index in [1.54, 1.807) is 14.1 Å². The zero-order chi connectivity index (χ0) is 13.3. The molecule has 1 aliphatic heterocycles. The molecule has 1 aromatic rings. The highest BCUT2D eigenvalue weighted by Crippen LogP contribution is 2.46. The van der Waals surface area contributed by atoms with Crippen molar-refractivity contribution in [2.75, 3.05) is 14.1 Å². The van der Waals surface area contributed by atoms with Gasteiger partial charge in [0.05, 0.1) is 12.1 Å². The minimum atomic E-state index is -3.36. The van der Waals surface area contributed by atoms with E-state index in [9.17, 15) is 8.42 Å². The van der Waals surface area contributed by atoms with Crippen LogP contribution in [-0.4, -0.2) is 37.2 Å². The molecule has 1 aliphatic rings. The summed E-state index contributed by atoms with van der Waals surface area (Å²) >= 11 is 0. The average Bonchev–Trinajstić information content (AvgIpc) is 3.05. The number of nitrogens with zero attached hydrogens (tertiary/aromatic N) is 2. The Balaban J connectivity index is 2.32. The molecule has 0 radical (unpaired) electrons. The van der Waals surface area contributed by atoms with Gasteiger partial charge in [-0.25, -0.2) is 0 Å². The molecule has 0 saturated carbocycles. The van der Waals surface area contributed by atoms with Crippen LogP contribution in [0.4, 0.5) is 0 Å². The fourth-order valence-electron chi connectivity index (χ4n) is 2.10. The Kier molecular flexibility index (Phi) is 3.56. The highest BCUT2D eigenvalue weighted by atomic mass is 32.2. The third-order valence-corrected chi connectivity index (χ3v) is 4.99. The van der Waals surface area contributed by atoms with E-state index in [4.69, 9.17) is 0 Å². The van der Waals surface area contributed by atoms with Gasteiger partial charge in [-0.3, -0.25) is 0 Å². The molecule has 0 bridgehead atoms. The van der Waals surface area contributed by atoms with E-state index in [2.05, 4.69) is 0 Å². The fourth-order valence-corrected chi connectivity index (χ4v) is 3.45. The summed E-state index contributed by atoms with van der Waals surface area (Å²) in [5.74, 6) is 0. The first-order chi connectivity index (χ1) is 8.50. The minimum absolute atomic E-state index is 0.0650. The van der Waals surface area contributed by atoms with Gasteiger partial charge in [0, 0.05) is 14.1 Å². The molecule has 0 aliphatic carbocycles. The quantitative estimate of drug-likeness (QED) is 0.616. The molecule has 5 heteroatoms. The van der Waals surface area contributed by atoms with E-state index in [-0.39, 0.29) is 12.1 Å². The number of benzene rings is 1. The summed E-state index contributed by atoms with van der Waals surface area (Å²) < 4.78 is 27.1. The van der Waals surface area contributed by atoms with Crippen LogP contribution in [0, 0.1) is 0 Å². The molecule has 1 unspecified atom stereocenters. The van der Waals surface area contributed by atoms with Crippen molar-refractivity contribution < 1.29 is 8.42 Å². The normalized spacial score (nSPS) is 27.9. The van der Waals surface area contributed by atoms with Crippen molar-refractivity contribution in [1.82, 2.24) is 8.61 Å². The van der Waals surface area contributed by atoms with Crippen LogP contribution in [0.2, 0.25) is 0 Å². The third-order valence-electron chi connectivity index (χ3n) is 3.06. The van der Waals surface area contributed by atoms with Crippen LogP contribution in [0.5, 0.6) is 0 Å². The Bertz CT molecular complexity index is 537. The summed E-state index contributed by atoms with van der Waals surface area (Å²) in [6.07, 6.45) is 3.82. The van der Waals surface area contributed by atoms with Gasteiger partial charge >= 0.3 is 0 Å². The summed E-state index contributed by atoms with van der Waals surface area (Å²) in [5, 5.41) is 0. The molecule has 18 heavy (non-hydrogen) atoms. The van der Waals surface area contributed by atoms with Crippen molar-refractivity contribution in [1.29, 1.82) is 0 Å². The molecule has 0 amide bonds. The van der Waals surface area contributed by atoms with Crippen LogP contribution in [0.25, 0.3) is 0 Å². The molecule has 0 aromatic heterocycles. The van der Waals surface area contributed by atoms with Crippen molar-refractivity contribution in [2.45, 2.75) is 19.0 Å². The first kappa shape index (κ1) is 13.3. The number of hydrogen-bond acceptors (Lipinski definition) is 2. The fraction of sp³-hybridized carbons (Fsp3) is 0.385. The Hall–Kier alpha value is -1.17. The maximum atomic E-state index is 12.2. The molecule has 1 saturated heterocycles. The smallest absolute Gasteiger partial charge is 0.195 e. The van der Waals surface area contributed by atoms with E-state index in [1.807, 2.05) is 49.4 Å². The summed E-state index contributed by atoms with van der Waals surface area (Å²) in [5.41, 5.74) is 1.03. The van der Waals surface area contributed by atoms with Gasteiger partial charge in [-0.1, -0.05) is 42.5 Å². The second-order valence-electron chi connectivity index (χ2n) is 4.49. The first-order valence-corrected chi connectivity index (χ1v) is 7.28. The molecule has 1 fully saturated rings. The lowest BCUT2D eigenvalue weighted by Gasteiger charge is -2.12. The van der Waals surface area contributed by atoms with Gasteiger partial charge in [-0.05, 0) is 12.5 Å². The van der Waals surface area contributed by atoms with Crippen LogP contribution in [0.1, 0.15) is 18.5 Å². The molecule has 0 N–H and O–H groups in total. The highest BCUT2D eigenvalue weighted by Gasteiger charge is 2.55. The monoisotopic (exact) mass is 266 g/mol. The number of hydrogen-bond donors (Lipinski definition) is 0. The summed E-state index contributed by atoms with van der Waals surface area (Å²) in [4.78, 5) is 0. The Labute approximate surface area is 109 Å². The van der Waals surface area contributed by atoms with Crippen LogP contribution in [0.3, 0.4) is 0 Å². The lowest BCUT2D eigenvalue weighted by atomic mass is 10.1. The predicted octanol–water partition coefficient (Wildman–Crippen LogP) is 1.79. The zero-order valence-electron chi connectivity index (χ0n) is 10.8. The largest absolute Gasteiger partial charge is 0.282 e. The van der Waals surface area contributed by atoms with Crippen LogP contribution in [0.15, 0.2) is 42.5 Å². The minimum Gasteiger partial charge on any atom is -0.195 e. The predicted molar refractivity (Wildman–Crippen MR) is 72.2 cm³/mol. The molecule has 3 atom stereocenters. The van der Waals surface area contributed by atoms with Crippen LogP contribution < -0.4 is 0 Å². The van der Waals surface area contributed by atoms with E-state index in [0.717, 1.165) is 5.56 Å². The van der Waals surface area contributed by atoms with Gasteiger partial charge in [0.15, 0.2) is 0 Å². The summed E-state index contributed by atoms with van der Waals surface area (Å²) in [6, 6.07) is 9.58. The topological polar surface area (TPSA) is 40.4 Å². The van der Waals surface area contributed by atoms with Crippen LogP contribution in [-0.2, 0) is 10.2 Å². The molecule has 2 rings (SSSR count). The Morgan fingerprint density at radius 2 is 1.83 bits per heavy atom. The van der Waals surface area contributed by atoms with Gasteiger partial charge in [0.2, 0.25) is 0 Å². The van der Waals surface area contributed by atoms with E-state index < -0.39 is 10.2 Å². The van der Waals surface area contributed by atoms with E-state index in [1.165, 1.54) is 8.61 Å². The Morgan fingerprint density at radius 3 is 2.33 bits per heavy atom. The summed E-state index contributed by atoms with van der Waals surface area (Å²) in [6.45, 7) is 1.90. The van der Waals surface area contributed by atoms with Gasteiger partial charge in [0.25, 0.3) is 10.2 Å². The first-order valence-electron chi connectivity index (χ1n) is 5.89. The maximum Gasteiger partial charge on any atom is 0.282 e. The molecular formula is C13H18N2O2S. The van der Waals surface area contributed by atoms with Gasteiger partial charge < -0.3 is 0 Å². The molecule has 4 nitrogen and oxygen atoms in total. The van der Waals surface area contributed by atoms with Crippen molar-refractivity contribution in [2.24, 2.45) is 0 Å². The number of rotatable bonds is 4. The van der Waals surface area contributed by atoms with E-state index >= 15 is 0 Å². The van der Waals surface area contributed by atoms with Gasteiger partial charge in [-0.15, -0.1) is 0 Å². The Morgan fingerprint density at radius 1 is 1.22 bits per heavy atom. The second-order valence-corrected chi connectivity index (χ2v) is 6.54. The third kappa shape index (κ3) is 2.21. The molecule has 98 valence electrons. The summed E-state index contributed by atoms with van der Waals surface area (Å²) in [7, 11) is -0.241. The highest BCUT2D eigenvalue weighted by molar-refractivity contribution is 7.87. The van der Waals surface area contributed by atoms with Crippen molar-refractivity contribution in [3.8, 4) is 0 Å². The lowest BCUT2D eigenvalue weighted by molar-refractivity contribution is 0.476. The van der Waals surface area contributed by atoms with Gasteiger partial charge in [-0.2, -0.15) is 17.0 Å². The van der Waals surface area contributed by atoms with Gasteiger partial charge in [0.1, 0.15) is 0 Å². The molecule has 1 aromatic carbocycles. The molecule has 1 heterocycles. The lowest BCUT2D eigenvalue weighted by Crippen LogP contribution is -2.29. The standard InChI is InChI=1S/C13H18N2O2S/c1-4-8-12-13(11-9-6-5-7-10-11)15(12)18(16,17)14(2)3/h4-10,12-13H,1-3H3/b8-4+/t12-,13+,15?/m0/s1. The second kappa shape index (κ2) is 4.84. The van der Waals surface area contributed by atoms with Crippen molar-refractivity contribution >= 4 is 10.2 Å². The van der Waals surface area contributed by atoms with E-state index in [0.29, 0.717) is 0 Å². The molecular weight excluding hydrogens is 248 g/mol. The van der Waals surface area contributed by atoms with Crippen molar-refractivity contribution in [3.63, 3.8) is 0 Å². The molecule has 0 spiro atoms.